The first-order chi connectivity index (χ1) is 8.52. The second kappa shape index (κ2) is 6.98. The van der Waals surface area contributed by atoms with Crippen molar-refractivity contribution < 1.29 is 24.6 Å². The maximum atomic E-state index is 11.8. The van der Waals surface area contributed by atoms with Gasteiger partial charge in [0.15, 0.2) is 0 Å². The number of hydrogen-bond donors (Lipinski definition) is 3. The van der Waals surface area contributed by atoms with E-state index in [1.807, 2.05) is 0 Å². The molecule has 6 nitrogen and oxygen atoms in total. The summed E-state index contributed by atoms with van der Waals surface area (Å²) in [7, 11) is 0. The van der Waals surface area contributed by atoms with Crippen molar-refractivity contribution in [3.63, 3.8) is 0 Å². The van der Waals surface area contributed by atoms with E-state index in [2.05, 4.69) is 5.32 Å². The van der Waals surface area contributed by atoms with Crippen molar-refractivity contribution in [3.05, 3.63) is 0 Å². The van der Waals surface area contributed by atoms with Crippen LogP contribution in [0.25, 0.3) is 0 Å². The minimum Gasteiger partial charge on any atom is -0.481 e. The van der Waals surface area contributed by atoms with E-state index in [-0.39, 0.29) is 18.9 Å². The van der Waals surface area contributed by atoms with Crippen LogP contribution in [-0.2, 0) is 14.4 Å². The summed E-state index contributed by atoms with van der Waals surface area (Å²) in [6.45, 7) is 0.286. The predicted molar refractivity (Wildman–Crippen MR) is 63.0 cm³/mol. The van der Waals surface area contributed by atoms with Gasteiger partial charge in [-0.25, -0.2) is 0 Å². The molecule has 0 aromatic rings. The van der Waals surface area contributed by atoms with Crippen LogP contribution in [0.15, 0.2) is 0 Å². The van der Waals surface area contributed by atoms with Crippen molar-refractivity contribution in [2.75, 3.05) is 6.54 Å². The minimum atomic E-state index is -0.916. The maximum absolute atomic E-state index is 11.8. The number of carbonyl (C=O) groups is 3. The summed E-state index contributed by atoms with van der Waals surface area (Å²) < 4.78 is 0. The van der Waals surface area contributed by atoms with Gasteiger partial charge in [-0.1, -0.05) is 12.8 Å². The van der Waals surface area contributed by atoms with Gasteiger partial charge in [0, 0.05) is 13.0 Å². The van der Waals surface area contributed by atoms with Crippen LogP contribution in [0.1, 0.15) is 38.5 Å². The Morgan fingerprint density at radius 3 is 2.22 bits per heavy atom. The summed E-state index contributed by atoms with van der Waals surface area (Å²) in [6, 6.07) is 0. The normalized spacial score (nSPS) is 23.3. The van der Waals surface area contributed by atoms with Crippen LogP contribution < -0.4 is 5.32 Å². The number of carboxylic acid groups (broad SMARTS) is 2. The highest BCUT2D eigenvalue weighted by Crippen LogP contribution is 2.30. The number of carboxylic acids is 2. The van der Waals surface area contributed by atoms with Gasteiger partial charge < -0.3 is 15.5 Å². The second-order valence-corrected chi connectivity index (χ2v) is 4.62. The molecule has 3 N–H and O–H groups in total. The number of carbonyl (C=O) groups excluding carboxylic acids is 1. The molecule has 0 aliphatic heterocycles. The van der Waals surface area contributed by atoms with E-state index in [0.29, 0.717) is 19.3 Å². The summed E-state index contributed by atoms with van der Waals surface area (Å²) in [5, 5.41) is 20.1. The zero-order valence-electron chi connectivity index (χ0n) is 10.2. The lowest BCUT2D eigenvalue weighted by Crippen LogP contribution is -2.40. The molecule has 102 valence electrons. The summed E-state index contributed by atoms with van der Waals surface area (Å²) in [5.41, 5.74) is 0. The molecule has 1 fully saturated rings. The lowest BCUT2D eigenvalue weighted by atomic mass is 9.78. The van der Waals surface area contributed by atoms with Gasteiger partial charge in [0.2, 0.25) is 5.91 Å². The van der Waals surface area contributed by atoms with Crippen LogP contribution in [0.3, 0.4) is 0 Å². The van der Waals surface area contributed by atoms with Crippen LogP contribution in [0, 0.1) is 11.8 Å². The zero-order chi connectivity index (χ0) is 13.5. The molecule has 0 saturated heterocycles. The molecule has 0 aromatic heterocycles. The third-order valence-corrected chi connectivity index (χ3v) is 3.29. The summed E-state index contributed by atoms with van der Waals surface area (Å²) in [6.07, 6.45) is 3.24. The number of nitrogens with one attached hydrogen (secondary N) is 1. The molecule has 0 bridgehead atoms. The molecule has 1 aliphatic rings. The Labute approximate surface area is 105 Å². The standard InChI is InChI=1S/C12H19NO5/c14-10(15)6-3-7-13-11(16)8-4-1-2-5-9(8)12(17)18/h8-9H,1-7H2,(H,13,16)(H,14,15)(H,17,18). The minimum absolute atomic E-state index is 0.00725. The largest absolute Gasteiger partial charge is 0.481 e. The molecule has 2 unspecified atom stereocenters. The van der Waals surface area contributed by atoms with Gasteiger partial charge in [0.25, 0.3) is 0 Å². The van der Waals surface area contributed by atoms with Crippen molar-refractivity contribution in [1.29, 1.82) is 0 Å². The van der Waals surface area contributed by atoms with Crippen LogP contribution in [-0.4, -0.2) is 34.6 Å². The highest BCUT2D eigenvalue weighted by molar-refractivity contribution is 5.84. The Morgan fingerprint density at radius 1 is 1.06 bits per heavy atom. The molecule has 0 spiro atoms. The van der Waals surface area contributed by atoms with E-state index in [1.165, 1.54) is 0 Å². The maximum Gasteiger partial charge on any atom is 0.307 e. The summed E-state index contributed by atoms with van der Waals surface area (Å²) in [5.74, 6) is -3.14. The molecule has 1 aliphatic carbocycles. The monoisotopic (exact) mass is 257 g/mol. The van der Waals surface area contributed by atoms with Gasteiger partial charge in [-0.2, -0.15) is 0 Å². The number of hydrogen-bond acceptors (Lipinski definition) is 3. The first kappa shape index (κ1) is 14.5. The van der Waals surface area contributed by atoms with E-state index < -0.39 is 23.8 Å². The SMILES string of the molecule is O=C(O)CCCNC(=O)C1CCCCC1C(=O)O. The van der Waals surface area contributed by atoms with Gasteiger partial charge in [-0.05, 0) is 19.3 Å². The molecule has 1 rings (SSSR count). The third kappa shape index (κ3) is 4.35. The van der Waals surface area contributed by atoms with Gasteiger partial charge >= 0.3 is 11.9 Å². The van der Waals surface area contributed by atoms with Gasteiger partial charge in [-0.3, -0.25) is 14.4 Å². The van der Waals surface area contributed by atoms with Crippen molar-refractivity contribution in [2.24, 2.45) is 11.8 Å². The third-order valence-electron chi connectivity index (χ3n) is 3.29. The molecule has 6 heteroatoms. The molecular formula is C12H19NO5. The fraction of sp³-hybridized carbons (Fsp3) is 0.750. The Hall–Kier alpha value is -1.59. The van der Waals surface area contributed by atoms with Crippen molar-refractivity contribution in [1.82, 2.24) is 5.32 Å². The highest BCUT2D eigenvalue weighted by atomic mass is 16.4. The lowest BCUT2D eigenvalue weighted by Gasteiger charge is -2.27. The highest BCUT2D eigenvalue weighted by Gasteiger charge is 2.35. The summed E-state index contributed by atoms with van der Waals surface area (Å²) >= 11 is 0. The number of aliphatic carboxylic acids is 2. The molecule has 18 heavy (non-hydrogen) atoms. The lowest BCUT2D eigenvalue weighted by molar-refractivity contribution is -0.148. The van der Waals surface area contributed by atoms with Crippen LogP contribution in [0.5, 0.6) is 0 Å². The second-order valence-electron chi connectivity index (χ2n) is 4.62. The molecule has 2 atom stereocenters. The Kier molecular flexibility index (Phi) is 5.61. The molecule has 0 aromatic carbocycles. The first-order valence-corrected chi connectivity index (χ1v) is 6.24. The fourth-order valence-electron chi connectivity index (χ4n) is 2.32. The van der Waals surface area contributed by atoms with E-state index in [1.54, 1.807) is 0 Å². The van der Waals surface area contributed by atoms with Gasteiger partial charge in [0.1, 0.15) is 0 Å². The Bertz CT molecular complexity index is 328. The molecular weight excluding hydrogens is 238 g/mol. The van der Waals surface area contributed by atoms with E-state index in [0.717, 1.165) is 12.8 Å². The van der Waals surface area contributed by atoms with Crippen molar-refractivity contribution >= 4 is 17.8 Å². The number of amides is 1. The topological polar surface area (TPSA) is 104 Å². The van der Waals surface area contributed by atoms with Crippen LogP contribution >= 0.6 is 0 Å². The molecule has 1 saturated carbocycles. The van der Waals surface area contributed by atoms with Crippen molar-refractivity contribution in [2.45, 2.75) is 38.5 Å². The van der Waals surface area contributed by atoms with Gasteiger partial charge in [0.05, 0.1) is 11.8 Å². The van der Waals surface area contributed by atoms with Crippen LogP contribution in [0.2, 0.25) is 0 Å². The average Bonchev–Trinajstić information content (AvgIpc) is 2.34. The van der Waals surface area contributed by atoms with E-state index in [4.69, 9.17) is 10.2 Å². The Balaban J connectivity index is 2.38. The first-order valence-electron chi connectivity index (χ1n) is 6.24. The smallest absolute Gasteiger partial charge is 0.307 e. The molecule has 0 radical (unpaired) electrons. The average molecular weight is 257 g/mol. The van der Waals surface area contributed by atoms with E-state index >= 15 is 0 Å². The predicted octanol–water partition coefficient (Wildman–Crippen LogP) is 0.858. The van der Waals surface area contributed by atoms with Crippen LogP contribution in [0.4, 0.5) is 0 Å². The van der Waals surface area contributed by atoms with Crippen molar-refractivity contribution in [3.8, 4) is 0 Å². The van der Waals surface area contributed by atoms with Gasteiger partial charge in [-0.15, -0.1) is 0 Å². The molecule has 0 heterocycles. The fourth-order valence-corrected chi connectivity index (χ4v) is 2.32. The quantitative estimate of drug-likeness (QED) is 0.612. The molecule has 1 amide bonds. The van der Waals surface area contributed by atoms with E-state index in [9.17, 15) is 14.4 Å². The zero-order valence-corrected chi connectivity index (χ0v) is 10.2. The number of rotatable bonds is 6. The summed E-state index contributed by atoms with van der Waals surface area (Å²) in [4.78, 5) is 33.2. The Morgan fingerprint density at radius 2 is 1.67 bits per heavy atom.